The van der Waals surface area contributed by atoms with Crippen LogP contribution in [0.3, 0.4) is 0 Å². The fourth-order valence-corrected chi connectivity index (χ4v) is 1.99. The standard InChI is InChI=1S/C12H14N4O/c1-2-11(17-9-3-5-13-6-4-9)16-12-10(1)14-7-8-15-12/h1-2,7-9,13H,3-6H2. The molecule has 1 N–H and O–H groups in total. The highest BCUT2D eigenvalue weighted by Gasteiger charge is 2.15. The third-order valence-corrected chi connectivity index (χ3v) is 2.88. The van der Waals surface area contributed by atoms with E-state index in [1.807, 2.05) is 12.1 Å². The summed E-state index contributed by atoms with van der Waals surface area (Å²) in [7, 11) is 0. The van der Waals surface area contributed by atoms with Crippen LogP contribution < -0.4 is 10.1 Å². The number of nitrogens with zero attached hydrogens (tertiary/aromatic N) is 3. The van der Waals surface area contributed by atoms with Crippen molar-refractivity contribution in [2.24, 2.45) is 0 Å². The zero-order valence-corrected chi connectivity index (χ0v) is 9.47. The molecule has 0 aromatic carbocycles. The summed E-state index contributed by atoms with van der Waals surface area (Å²) in [5.74, 6) is 0.643. The molecule has 3 rings (SSSR count). The number of piperidine rings is 1. The minimum Gasteiger partial charge on any atom is -0.474 e. The van der Waals surface area contributed by atoms with E-state index in [1.54, 1.807) is 12.4 Å². The van der Waals surface area contributed by atoms with Gasteiger partial charge in [0.15, 0.2) is 5.65 Å². The Morgan fingerprint density at radius 3 is 2.82 bits per heavy atom. The Hall–Kier alpha value is -1.75. The van der Waals surface area contributed by atoms with Crippen LogP contribution in [0.4, 0.5) is 0 Å². The van der Waals surface area contributed by atoms with Gasteiger partial charge in [0.25, 0.3) is 0 Å². The highest BCUT2D eigenvalue weighted by Crippen LogP contribution is 2.16. The number of aromatic nitrogens is 3. The van der Waals surface area contributed by atoms with E-state index in [0.717, 1.165) is 31.4 Å². The Labute approximate surface area is 99.3 Å². The van der Waals surface area contributed by atoms with Gasteiger partial charge in [0.05, 0.1) is 0 Å². The second-order valence-electron chi connectivity index (χ2n) is 4.12. The normalized spacial score (nSPS) is 17.2. The van der Waals surface area contributed by atoms with Gasteiger partial charge < -0.3 is 10.1 Å². The van der Waals surface area contributed by atoms with Crippen LogP contribution in [0, 0.1) is 0 Å². The molecule has 5 nitrogen and oxygen atoms in total. The summed E-state index contributed by atoms with van der Waals surface area (Å²) < 4.78 is 5.84. The lowest BCUT2D eigenvalue weighted by Crippen LogP contribution is -2.34. The van der Waals surface area contributed by atoms with E-state index in [0.29, 0.717) is 11.5 Å². The molecule has 0 atom stereocenters. The first kappa shape index (κ1) is 10.4. The maximum atomic E-state index is 5.84. The van der Waals surface area contributed by atoms with Crippen molar-refractivity contribution in [3.05, 3.63) is 24.5 Å². The molecule has 1 fully saturated rings. The highest BCUT2D eigenvalue weighted by atomic mass is 16.5. The molecular formula is C12H14N4O. The lowest BCUT2D eigenvalue weighted by molar-refractivity contribution is 0.156. The molecule has 5 heteroatoms. The Morgan fingerprint density at radius 1 is 1.12 bits per heavy atom. The number of rotatable bonds is 2. The zero-order chi connectivity index (χ0) is 11.5. The Bertz CT molecular complexity index is 511. The van der Waals surface area contributed by atoms with Crippen molar-refractivity contribution in [3.63, 3.8) is 0 Å². The molecule has 2 aromatic rings. The van der Waals surface area contributed by atoms with E-state index in [1.165, 1.54) is 0 Å². The van der Waals surface area contributed by atoms with Crippen LogP contribution in [0.15, 0.2) is 24.5 Å². The Kier molecular flexibility index (Phi) is 2.83. The SMILES string of the molecule is c1cnc2nc(OC3CCNCC3)ccc2n1. The molecule has 0 saturated carbocycles. The lowest BCUT2D eigenvalue weighted by Gasteiger charge is -2.23. The maximum Gasteiger partial charge on any atom is 0.215 e. The summed E-state index contributed by atoms with van der Waals surface area (Å²) in [5.41, 5.74) is 1.43. The van der Waals surface area contributed by atoms with Gasteiger partial charge in [-0.2, -0.15) is 4.98 Å². The first-order valence-corrected chi connectivity index (χ1v) is 5.87. The van der Waals surface area contributed by atoms with Crippen LogP contribution >= 0.6 is 0 Å². The van der Waals surface area contributed by atoms with Crippen molar-refractivity contribution in [2.45, 2.75) is 18.9 Å². The first-order chi connectivity index (χ1) is 8.42. The van der Waals surface area contributed by atoms with Crippen molar-refractivity contribution in [1.29, 1.82) is 0 Å². The summed E-state index contributed by atoms with van der Waals surface area (Å²) in [6, 6.07) is 3.75. The fraction of sp³-hybridized carbons (Fsp3) is 0.417. The van der Waals surface area contributed by atoms with Gasteiger partial charge in [0.2, 0.25) is 5.88 Å². The maximum absolute atomic E-state index is 5.84. The van der Waals surface area contributed by atoms with Gasteiger partial charge in [0.1, 0.15) is 11.6 Å². The first-order valence-electron chi connectivity index (χ1n) is 5.87. The Morgan fingerprint density at radius 2 is 1.94 bits per heavy atom. The molecule has 0 aliphatic carbocycles. The summed E-state index contributed by atoms with van der Waals surface area (Å²) in [6.45, 7) is 2.02. The number of fused-ring (bicyclic) bond motifs is 1. The quantitative estimate of drug-likeness (QED) is 0.838. The summed E-state index contributed by atoms with van der Waals surface area (Å²) >= 11 is 0. The number of hydrogen-bond donors (Lipinski definition) is 1. The number of pyridine rings is 1. The van der Waals surface area contributed by atoms with Crippen molar-refractivity contribution >= 4 is 11.2 Å². The van der Waals surface area contributed by atoms with Crippen LogP contribution in [0.2, 0.25) is 0 Å². The van der Waals surface area contributed by atoms with Crippen LogP contribution in [0.1, 0.15) is 12.8 Å². The number of ether oxygens (including phenoxy) is 1. The number of hydrogen-bond acceptors (Lipinski definition) is 5. The average Bonchev–Trinajstić information content (AvgIpc) is 2.40. The smallest absolute Gasteiger partial charge is 0.215 e. The van der Waals surface area contributed by atoms with Gasteiger partial charge in [-0.1, -0.05) is 0 Å². The summed E-state index contributed by atoms with van der Waals surface area (Å²) in [6.07, 6.45) is 5.62. The van der Waals surface area contributed by atoms with E-state index < -0.39 is 0 Å². The molecule has 0 radical (unpaired) electrons. The van der Waals surface area contributed by atoms with Crippen LogP contribution in [-0.4, -0.2) is 34.1 Å². The predicted octanol–water partition coefficient (Wildman–Crippen LogP) is 1.16. The third-order valence-electron chi connectivity index (χ3n) is 2.88. The monoisotopic (exact) mass is 230 g/mol. The minimum absolute atomic E-state index is 0.262. The lowest BCUT2D eigenvalue weighted by atomic mass is 10.1. The van der Waals surface area contributed by atoms with Gasteiger partial charge >= 0.3 is 0 Å². The molecule has 3 heterocycles. The van der Waals surface area contributed by atoms with E-state index >= 15 is 0 Å². The van der Waals surface area contributed by atoms with E-state index in [2.05, 4.69) is 20.3 Å². The molecule has 0 bridgehead atoms. The van der Waals surface area contributed by atoms with E-state index in [-0.39, 0.29) is 6.10 Å². The van der Waals surface area contributed by atoms with Gasteiger partial charge in [-0.15, -0.1) is 0 Å². The summed E-state index contributed by atoms with van der Waals surface area (Å²) in [4.78, 5) is 12.7. The topological polar surface area (TPSA) is 59.9 Å². The molecule has 0 unspecified atom stereocenters. The average molecular weight is 230 g/mol. The predicted molar refractivity (Wildman–Crippen MR) is 63.9 cm³/mol. The second kappa shape index (κ2) is 4.63. The van der Waals surface area contributed by atoms with Crippen molar-refractivity contribution in [1.82, 2.24) is 20.3 Å². The molecule has 88 valence electrons. The summed E-state index contributed by atoms with van der Waals surface area (Å²) in [5, 5.41) is 3.31. The molecule has 1 aliphatic rings. The van der Waals surface area contributed by atoms with Crippen LogP contribution in [-0.2, 0) is 0 Å². The minimum atomic E-state index is 0.262. The van der Waals surface area contributed by atoms with Crippen molar-refractivity contribution in [2.75, 3.05) is 13.1 Å². The second-order valence-corrected chi connectivity index (χ2v) is 4.12. The highest BCUT2D eigenvalue weighted by molar-refractivity contribution is 5.69. The Balaban J connectivity index is 1.80. The molecule has 0 amide bonds. The molecule has 1 aliphatic heterocycles. The van der Waals surface area contributed by atoms with Gasteiger partial charge in [-0.25, -0.2) is 4.98 Å². The van der Waals surface area contributed by atoms with Crippen LogP contribution in [0.25, 0.3) is 11.2 Å². The van der Waals surface area contributed by atoms with Gasteiger partial charge in [0, 0.05) is 18.5 Å². The fourth-order valence-electron chi connectivity index (χ4n) is 1.99. The molecule has 0 spiro atoms. The molecule has 2 aromatic heterocycles. The molecule has 1 saturated heterocycles. The largest absolute Gasteiger partial charge is 0.474 e. The van der Waals surface area contributed by atoms with Gasteiger partial charge in [-0.05, 0) is 32.0 Å². The van der Waals surface area contributed by atoms with E-state index in [9.17, 15) is 0 Å². The third kappa shape index (κ3) is 2.34. The number of nitrogens with one attached hydrogen (secondary N) is 1. The zero-order valence-electron chi connectivity index (χ0n) is 9.47. The van der Waals surface area contributed by atoms with Crippen molar-refractivity contribution in [3.8, 4) is 5.88 Å². The van der Waals surface area contributed by atoms with Crippen LogP contribution in [0.5, 0.6) is 5.88 Å². The van der Waals surface area contributed by atoms with E-state index in [4.69, 9.17) is 4.74 Å². The molecule has 17 heavy (non-hydrogen) atoms. The van der Waals surface area contributed by atoms with Crippen molar-refractivity contribution < 1.29 is 4.74 Å². The van der Waals surface area contributed by atoms with Gasteiger partial charge in [-0.3, -0.25) is 4.98 Å². The molecular weight excluding hydrogens is 216 g/mol.